The van der Waals surface area contributed by atoms with E-state index in [0.717, 1.165) is 23.4 Å². The third-order valence-electron chi connectivity index (χ3n) is 4.12. The molecular weight excluding hydrogens is 290 g/mol. The van der Waals surface area contributed by atoms with Gasteiger partial charge in [-0.1, -0.05) is 25.1 Å². The Morgan fingerprint density at radius 2 is 2.05 bits per heavy atom. The van der Waals surface area contributed by atoms with Crippen LogP contribution >= 0.6 is 11.3 Å². The Labute approximate surface area is 133 Å². The normalized spacial score (nSPS) is 13.0. The summed E-state index contributed by atoms with van der Waals surface area (Å²) in [5, 5.41) is 3.46. The van der Waals surface area contributed by atoms with E-state index in [1.165, 1.54) is 21.2 Å². The van der Waals surface area contributed by atoms with Crippen LogP contribution in [0.25, 0.3) is 21.2 Å². The van der Waals surface area contributed by atoms with Gasteiger partial charge in [0.1, 0.15) is 5.52 Å². The first-order valence-electron chi connectivity index (χ1n) is 7.52. The number of thiophene rings is 1. The van der Waals surface area contributed by atoms with Gasteiger partial charge < -0.3 is 4.42 Å². The second-order valence-corrected chi connectivity index (χ2v) is 6.85. The fourth-order valence-corrected chi connectivity index (χ4v) is 3.66. The molecule has 3 heteroatoms. The lowest BCUT2D eigenvalue weighted by molar-refractivity contribution is 0.508. The Bertz CT molecular complexity index is 950. The zero-order valence-corrected chi connectivity index (χ0v) is 13.5. The maximum Gasteiger partial charge on any atom is 0.196 e. The number of nitrogens with zero attached hydrogens (tertiary/aromatic N) is 1. The quantitative estimate of drug-likeness (QED) is 0.485. The molecule has 0 N–H and O–H groups in total. The van der Waals surface area contributed by atoms with Crippen LogP contribution in [0.4, 0.5) is 0 Å². The average Bonchev–Trinajstić information content (AvgIpc) is 3.11. The lowest BCUT2D eigenvalue weighted by atomic mass is 9.97. The first-order valence-corrected chi connectivity index (χ1v) is 8.40. The van der Waals surface area contributed by atoms with Crippen LogP contribution in [0.2, 0.25) is 0 Å². The smallest absolute Gasteiger partial charge is 0.196 e. The average molecular weight is 307 g/mol. The summed E-state index contributed by atoms with van der Waals surface area (Å²) in [7, 11) is 0. The van der Waals surface area contributed by atoms with Crippen molar-refractivity contribution in [2.24, 2.45) is 0 Å². The van der Waals surface area contributed by atoms with Crippen molar-refractivity contribution >= 4 is 32.5 Å². The number of hydrogen-bond donors (Lipinski definition) is 0. The minimum absolute atomic E-state index is 0.389. The number of oxazole rings is 1. The Hall–Kier alpha value is -2.13. The highest BCUT2D eigenvalue weighted by Gasteiger charge is 2.13. The summed E-state index contributed by atoms with van der Waals surface area (Å²) in [6, 6.07) is 15.0. The van der Waals surface area contributed by atoms with Crippen LogP contribution in [0.3, 0.4) is 0 Å². The van der Waals surface area contributed by atoms with Crippen molar-refractivity contribution in [3.8, 4) is 0 Å². The molecule has 2 heterocycles. The number of benzene rings is 2. The topological polar surface area (TPSA) is 26.0 Å². The standard InChI is InChI=1S/C19H17NOS/c1-12-3-6-16-17(9-12)21-19(20-16)10-13(2)15-5-4-14-7-8-22-18(14)11-15/h3-9,11,13H,10H2,1-2H3. The van der Waals surface area contributed by atoms with E-state index in [1.54, 1.807) is 11.3 Å². The van der Waals surface area contributed by atoms with Crippen molar-refractivity contribution in [3.63, 3.8) is 0 Å². The van der Waals surface area contributed by atoms with Gasteiger partial charge in [-0.25, -0.2) is 4.98 Å². The van der Waals surface area contributed by atoms with Crippen molar-refractivity contribution in [3.05, 3.63) is 64.9 Å². The molecule has 0 fully saturated rings. The Morgan fingerprint density at radius 3 is 2.95 bits per heavy atom. The molecule has 1 unspecified atom stereocenters. The van der Waals surface area contributed by atoms with Gasteiger partial charge in [-0.15, -0.1) is 11.3 Å². The van der Waals surface area contributed by atoms with Crippen LogP contribution in [0.15, 0.2) is 52.3 Å². The Kier molecular flexibility index (Phi) is 3.23. The molecule has 110 valence electrons. The number of aromatic nitrogens is 1. The van der Waals surface area contributed by atoms with Crippen LogP contribution in [0.5, 0.6) is 0 Å². The summed E-state index contributed by atoms with van der Waals surface area (Å²) in [6.45, 7) is 4.30. The first kappa shape index (κ1) is 13.5. The molecule has 22 heavy (non-hydrogen) atoms. The van der Waals surface area contributed by atoms with E-state index in [9.17, 15) is 0 Å². The zero-order chi connectivity index (χ0) is 15.1. The predicted octanol–water partition coefficient (Wildman–Crippen LogP) is 5.70. The number of fused-ring (bicyclic) bond motifs is 2. The van der Waals surface area contributed by atoms with Crippen molar-refractivity contribution in [1.82, 2.24) is 4.98 Å². The summed E-state index contributed by atoms with van der Waals surface area (Å²) in [4.78, 5) is 4.61. The second-order valence-electron chi connectivity index (χ2n) is 5.90. The highest BCUT2D eigenvalue weighted by molar-refractivity contribution is 7.17. The van der Waals surface area contributed by atoms with Gasteiger partial charge in [-0.2, -0.15) is 0 Å². The summed E-state index contributed by atoms with van der Waals surface area (Å²) in [6.07, 6.45) is 0.824. The molecule has 2 aromatic carbocycles. The maximum absolute atomic E-state index is 5.90. The third kappa shape index (κ3) is 2.42. The molecule has 0 aliphatic heterocycles. The minimum Gasteiger partial charge on any atom is -0.441 e. The first-order chi connectivity index (χ1) is 10.7. The van der Waals surface area contributed by atoms with Crippen LogP contribution in [0.1, 0.15) is 29.9 Å². The second kappa shape index (κ2) is 5.25. The van der Waals surface area contributed by atoms with E-state index in [2.05, 4.69) is 54.5 Å². The summed E-state index contributed by atoms with van der Waals surface area (Å²) in [5.74, 6) is 1.21. The van der Waals surface area contributed by atoms with Gasteiger partial charge in [0.05, 0.1) is 0 Å². The van der Waals surface area contributed by atoms with E-state index in [-0.39, 0.29) is 0 Å². The van der Waals surface area contributed by atoms with Crippen molar-refractivity contribution in [2.75, 3.05) is 0 Å². The fraction of sp³-hybridized carbons (Fsp3) is 0.211. The van der Waals surface area contributed by atoms with Crippen LogP contribution in [0, 0.1) is 6.92 Å². The van der Waals surface area contributed by atoms with Gasteiger partial charge in [-0.3, -0.25) is 0 Å². The Balaban J connectivity index is 1.62. The molecule has 0 aliphatic carbocycles. The van der Waals surface area contributed by atoms with Crippen LogP contribution in [-0.4, -0.2) is 4.98 Å². The SMILES string of the molecule is Cc1ccc2nc(CC(C)c3ccc4ccsc4c3)oc2c1. The number of hydrogen-bond acceptors (Lipinski definition) is 3. The number of aryl methyl sites for hydroxylation is 1. The molecular formula is C19H17NOS. The number of rotatable bonds is 3. The molecule has 0 spiro atoms. The van der Waals surface area contributed by atoms with E-state index in [1.807, 2.05) is 12.1 Å². The van der Waals surface area contributed by atoms with Crippen molar-refractivity contribution in [2.45, 2.75) is 26.2 Å². The van der Waals surface area contributed by atoms with Gasteiger partial charge in [-0.05, 0) is 59.0 Å². The van der Waals surface area contributed by atoms with E-state index in [4.69, 9.17) is 4.42 Å². The summed E-state index contributed by atoms with van der Waals surface area (Å²) in [5.41, 5.74) is 4.37. The molecule has 4 rings (SSSR count). The minimum atomic E-state index is 0.389. The molecule has 0 saturated heterocycles. The summed E-state index contributed by atoms with van der Waals surface area (Å²) < 4.78 is 7.25. The molecule has 2 nitrogen and oxygen atoms in total. The van der Waals surface area contributed by atoms with Gasteiger partial charge in [0.2, 0.25) is 0 Å². The third-order valence-corrected chi connectivity index (χ3v) is 5.00. The van der Waals surface area contributed by atoms with Gasteiger partial charge in [0, 0.05) is 11.1 Å². The highest BCUT2D eigenvalue weighted by atomic mass is 32.1. The zero-order valence-electron chi connectivity index (χ0n) is 12.7. The van der Waals surface area contributed by atoms with Crippen LogP contribution in [-0.2, 0) is 6.42 Å². The van der Waals surface area contributed by atoms with Gasteiger partial charge in [0.25, 0.3) is 0 Å². The Morgan fingerprint density at radius 1 is 1.14 bits per heavy atom. The molecule has 0 aliphatic rings. The maximum atomic E-state index is 5.90. The molecule has 4 aromatic rings. The molecule has 1 atom stereocenters. The largest absolute Gasteiger partial charge is 0.441 e. The molecule has 0 amide bonds. The summed E-state index contributed by atoms with van der Waals surface area (Å²) >= 11 is 1.79. The molecule has 0 saturated carbocycles. The lowest BCUT2D eigenvalue weighted by Gasteiger charge is -2.09. The molecule has 2 aromatic heterocycles. The fourth-order valence-electron chi connectivity index (χ4n) is 2.82. The van der Waals surface area contributed by atoms with Crippen molar-refractivity contribution in [1.29, 1.82) is 0 Å². The lowest BCUT2D eigenvalue weighted by Crippen LogP contribution is -1.98. The van der Waals surface area contributed by atoms with E-state index < -0.39 is 0 Å². The van der Waals surface area contributed by atoms with Gasteiger partial charge in [0.15, 0.2) is 11.5 Å². The predicted molar refractivity (Wildman–Crippen MR) is 92.7 cm³/mol. The van der Waals surface area contributed by atoms with E-state index >= 15 is 0 Å². The highest BCUT2D eigenvalue weighted by Crippen LogP contribution is 2.28. The van der Waals surface area contributed by atoms with Crippen LogP contribution < -0.4 is 0 Å². The monoisotopic (exact) mass is 307 g/mol. The molecule has 0 radical (unpaired) electrons. The van der Waals surface area contributed by atoms with E-state index in [0.29, 0.717) is 5.92 Å². The molecule has 0 bridgehead atoms. The van der Waals surface area contributed by atoms with Gasteiger partial charge >= 0.3 is 0 Å². The van der Waals surface area contributed by atoms with Crippen molar-refractivity contribution < 1.29 is 4.42 Å².